The van der Waals surface area contributed by atoms with Crippen molar-refractivity contribution in [3.63, 3.8) is 0 Å². The van der Waals surface area contributed by atoms with Crippen molar-refractivity contribution in [3.8, 4) is 0 Å². The van der Waals surface area contributed by atoms with Gasteiger partial charge in [0.2, 0.25) is 0 Å². The van der Waals surface area contributed by atoms with Gasteiger partial charge < -0.3 is 9.88 Å². The number of halogens is 1. The molecular formula is C12H14BrN3S. The molecule has 17 heavy (non-hydrogen) atoms. The predicted octanol–water partition coefficient (Wildman–Crippen LogP) is 3.05. The highest BCUT2D eigenvalue weighted by Crippen LogP contribution is 2.30. The van der Waals surface area contributed by atoms with E-state index >= 15 is 0 Å². The summed E-state index contributed by atoms with van der Waals surface area (Å²) in [5, 5.41) is 4.19. The van der Waals surface area contributed by atoms with Gasteiger partial charge in [0.15, 0.2) is 5.16 Å². The van der Waals surface area contributed by atoms with E-state index < -0.39 is 0 Å². The van der Waals surface area contributed by atoms with E-state index in [1.165, 1.54) is 10.5 Å². The van der Waals surface area contributed by atoms with Crippen molar-refractivity contribution >= 4 is 27.7 Å². The Hall–Kier alpha value is -0.780. The molecule has 1 aromatic carbocycles. The quantitative estimate of drug-likeness (QED) is 0.941. The second-order valence-electron chi connectivity index (χ2n) is 3.71. The van der Waals surface area contributed by atoms with Gasteiger partial charge in [-0.15, -0.1) is 0 Å². The molecule has 1 heterocycles. The number of rotatable bonds is 4. The Morgan fingerprint density at radius 2 is 2.29 bits per heavy atom. The van der Waals surface area contributed by atoms with E-state index in [1.54, 1.807) is 11.8 Å². The minimum Gasteiger partial charge on any atom is -0.329 e. The molecule has 0 spiro atoms. The van der Waals surface area contributed by atoms with Crippen LogP contribution in [0.1, 0.15) is 5.56 Å². The fourth-order valence-corrected chi connectivity index (χ4v) is 2.85. The monoisotopic (exact) mass is 311 g/mol. The molecule has 0 radical (unpaired) electrons. The van der Waals surface area contributed by atoms with E-state index in [2.05, 4.69) is 44.4 Å². The van der Waals surface area contributed by atoms with Crippen molar-refractivity contribution in [2.45, 2.75) is 16.6 Å². The lowest BCUT2D eigenvalue weighted by Gasteiger charge is -2.09. The summed E-state index contributed by atoms with van der Waals surface area (Å²) in [5.74, 6) is 0. The normalized spacial score (nSPS) is 10.8. The fourth-order valence-electron chi connectivity index (χ4n) is 1.52. The molecule has 5 heteroatoms. The fraction of sp³-hybridized carbons (Fsp3) is 0.250. The van der Waals surface area contributed by atoms with Crippen LogP contribution < -0.4 is 5.32 Å². The number of imidazole rings is 1. The van der Waals surface area contributed by atoms with Crippen LogP contribution in [0.4, 0.5) is 0 Å². The molecule has 0 fully saturated rings. The number of hydrogen-bond donors (Lipinski definition) is 1. The lowest BCUT2D eigenvalue weighted by Crippen LogP contribution is -2.06. The van der Waals surface area contributed by atoms with E-state index in [0.717, 1.165) is 16.2 Å². The second-order valence-corrected chi connectivity index (χ2v) is 5.63. The van der Waals surface area contributed by atoms with Gasteiger partial charge in [-0.3, -0.25) is 0 Å². The van der Waals surface area contributed by atoms with E-state index in [4.69, 9.17) is 0 Å². The van der Waals surface area contributed by atoms with Crippen LogP contribution in [0.5, 0.6) is 0 Å². The summed E-state index contributed by atoms with van der Waals surface area (Å²) in [6.07, 6.45) is 3.78. The van der Waals surface area contributed by atoms with Gasteiger partial charge in [-0.1, -0.05) is 27.7 Å². The van der Waals surface area contributed by atoms with Crippen LogP contribution in [0.3, 0.4) is 0 Å². The highest BCUT2D eigenvalue weighted by atomic mass is 79.9. The molecule has 2 aromatic rings. The Kier molecular flexibility index (Phi) is 4.25. The molecule has 0 aliphatic carbocycles. The van der Waals surface area contributed by atoms with Gasteiger partial charge in [-0.25, -0.2) is 4.98 Å². The first-order chi connectivity index (χ1) is 8.20. The summed E-state index contributed by atoms with van der Waals surface area (Å²) in [7, 11) is 3.96. The molecule has 0 aliphatic rings. The van der Waals surface area contributed by atoms with Crippen LogP contribution in [0, 0.1) is 0 Å². The molecule has 0 atom stereocenters. The van der Waals surface area contributed by atoms with Gasteiger partial charge in [-0.05, 0) is 30.8 Å². The maximum absolute atomic E-state index is 4.33. The average Bonchev–Trinajstić information content (AvgIpc) is 2.69. The zero-order valence-electron chi connectivity index (χ0n) is 9.77. The smallest absolute Gasteiger partial charge is 0.172 e. The SMILES string of the molecule is CNCc1cc(Br)ccc1Sc1nccn1C. The summed E-state index contributed by atoms with van der Waals surface area (Å²) < 4.78 is 3.13. The number of nitrogens with zero attached hydrogens (tertiary/aromatic N) is 2. The third-order valence-corrected chi connectivity index (χ3v) is 4.06. The van der Waals surface area contributed by atoms with Crippen LogP contribution in [0.15, 0.2) is 45.1 Å². The van der Waals surface area contributed by atoms with Gasteiger partial charge in [0.1, 0.15) is 0 Å². The third-order valence-electron chi connectivity index (χ3n) is 2.37. The topological polar surface area (TPSA) is 29.9 Å². The van der Waals surface area contributed by atoms with Crippen molar-refractivity contribution in [1.29, 1.82) is 0 Å². The zero-order chi connectivity index (χ0) is 12.3. The van der Waals surface area contributed by atoms with Crippen LogP contribution >= 0.6 is 27.7 Å². The first kappa shape index (κ1) is 12.7. The molecule has 0 unspecified atom stereocenters. The van der Waals surface area contributed by atoms with Gasteiger partial charge in [-0.2, -0.15) is 0 Å². The van der Waals surface area contributed by atoms with Crippen molar-refractivity contribution in [2.75, 3.05) is 7.05 Å². The summed E-state index contributed by atoms with van der Waals surface area (Å²) in [4.78, 5) is 5.56. The Labute approximate surface area is 114 Å². The maximum Gasteiger partial charge on any atom is 0.172 e. The van der Waals surface area contributed by atoms with Crippen LogP contribution in [0.2, 0.25) is 0 Å². The Balaban J connectivity index is 2.29. The zero-order valence-corrected chi connectivity index (χ0v) is 12.2. The number of aromatic nitrogens is 2. The highest BCUT2D eigenvalue weighted by molar-refractivity contribution is 9.10. The van der Waals surface area contributed by atoms with Crippen LogP contribution in [-0.4, -0.2) is 16.6 Å². The Morgan fingerprint density at radius 3 is 2.94 bits per heavy atom. The van der Waals surface area contributed by atoms with Crippen molar-refractivity contribution in [3.05, 3.63) is 40.6 Å². The molecule has 3 nitrogen and oxygen atoms in total. The standard InChI is InChI=1S/C12H14BrN3S/c1-14-8-9-7-10(13)3-4-11(9)17-12-15-5-6-16(12)2/h3-7,14H,8H2,1-2H3. The molecule has 0 saturated carbocycles. The third kappa shape index (κ3) is 3.12. The summed E-state index contributed by atoms with van der Waals surface area (Å²) in [6.45, 7) is 0.853. The molecule has 1 aromatic heterocycles. The van der Waals surface area contributed by atoms with E-state index in [-0.39, 0.29) is 0 Å². The van der Waals surface area contributed by atoms with E-state index in [0.29, 0.717) is 0 Å². The van der Waals surface area contributed by atoms with Gasteiger partial charge in [0, 0.05) is 35.4 Å². The first-order valence-electron chi connectivity index (χ1n) is 5.29. The molecular weight excluding hydrogens is 298 g/mol. The Bertz CT molecular complexity index is 510. The Morgan fingerprint density at radius 1 is 1.47 bits per heavy atom. The summed E-state index contributed by atoms with van der Waals surface area (Å²) in [5.41, 5.74) is 1.27. The van der Waals surface area contributed by atoms with E-state index in [9.17, 15) is 0 Å². The van der Waals surface area contributed by atoms with Crippen molar-refractivity contribution in [1.82, 2.24) is 14.9 Å². The van der Waals surface area contributed by atoms with Crippen molar-refractivity contribution < 1.29 is 0 Å². The minimum atomic E-state index is 0.853. The predicted molar refractivity (Wildman–Crippen MR) is 74.2 cm³/mol. The summed E-state index contributed by atoms with van der Waals surface area (Å²) >= 11 is 5.19. The number of aryl methyl sites for hydroxylation is 1. The molecule has 1 N–H and O–H groups in total. The average molecular weight is 312 g/mol. The highest BCUT2D eigenvalue weighted by Gasteiger charge is 2.07. The van der Waals surface area contributed by atoms with Gasteiger partial charge in [0.05, 0.1) is 0 Å². The van der Waals surface area contributed by atoms with Crippen LogP contribution in [-0.2, 0) is 13.6 Å². The summed E-state index contributed by atoms with van der Waals surface area (Å²) in [6, 6.07) is 6.32. The lowest BCUT2D eigenvalue weighted by atomic mass is 10.2. The molecule has 90 valence electrons. The molecule has 2 rings (SSSR count). The minimum absolute atomic E-state index is 0.853. The number of nitrogens with one attached hydrogen (secondary N) is 1. The van der Waals surface area contributed by atoms with Gasteiger partial charge in [0.25, 0.3) is 0 Å². The number of hydrogen-bond acceptors (Lipinski definition) is 3. The molecule has 0 aliphatic heterocycles. The second kappa shape index (κ2) is 5.71. The van der Waals surface area contributed by atoms with E-state index in [1.807, 2.05) is 31.1 Å². The first-order valence-corrected chi connectivity index (χ1v) is 6.90. The van der Waals surface area contributed by atoms with Crippen LogP contribution in [0.25, 0.3) is 0 Å². The van der Waals surface area contributed by atoms with Crippen molar-refractivity contribution in [2.24, 2.45) is 7.05 Å². The largest absolute Gasteiger partial charge is 0.329 e. The maximum atomic E-state index is 4.33. The molecule has 0 bridgehead atoms. The molecule has 0 saturated heterocycles. The molecule has 0 amide bonds. The number of benzene rings is 1. The lowest BCUT2D eigenvalue weighted by molar-refractivity contribution is 0.783. The van der Waals surface area contributed by atoms with Gasteiger partial charge >= 0.3 is 0 Å².